The summed E-state index contributed by atoms with van der Waals surface area (Å²) < 4.78 is 2.60. The zero-order valence-electron chi connectivity index (χ0n) is 10.1. The molecule has 0 spiro atoms. The molecule has 1 saturated carbocycles. The zero-order chi connectivity index (χ0) is 11.2. The highest BCUT2D eigenvalue weighted by molar-refractivity contribution is 7.97. The second-order valence-electron chi connectivity index (χ2n) is 4.48. The van der Waals surface area contributed by atoms with Crippen LogP contribution in [-0.4, -0.2) is 16.9 Å². The molecule has 0 N–H and O–H groups in total. The molecule has 0 radical (unpaired) electrons. The van der Waals surface area contributed by atoms with Gasteiger partial charge in [0.1, 0.15) is 0 Å². The molecule has 0 heterocycles. The van der Waals surface area contributed by atoms with Crippen LogP contribution in [0.15, 0.2) is 35.2 Å². The molecular weight excluding hydrogens is 214 g/mol. The van der Waals surface area contributed by atoms with Crippen molar-refractivity contribution in [3.63, 3.8) is 0 Å². The molecule has 0 aliphatic heterocycles. The van der Waals surface area contributed by atoms with Crippen molar-refractivity contribution in [3.05, 3.63) is 30.3 Å². The second-order valence-corrected chi connectivity index (χ2v) is 5.61. The summed E-state index contributed by atoms with van der Waals surface area (Å²) in [6.07, 6.45) is 6.86. The first-order chi connectivity index (χ1) is 7.90. The normalized spacial score (nSPS) is 17.1. The van der Waals surface area contributed by atoms with E-state index in [1.54, 1.807) is 0 Å². The standard InChI is InChI=1S/C14H21NS/c1-2-12-15(13-8-6-7-9-13)16-14-10-4-3-5-11-14/h3-5,10-11,13H,2,6-9,12H2,1H3. The van der Waals surface area contributed by atoms with Crippen LogP contribution in [0.4, 0.5) is 0 Å². The molecule has 0 amide bonds. The Labute approximate surface area is 103 Å². The third-order valence-electron chi connectivity index (χ3n) is 3.14. The lowest BCUT2D eigenvalue weighted by molar-refractivity contribution is 0.356. The monoisotopic (exact) mass is 235 g/mol. The van der Waals surface area contributed by atoms with Crippen molar-refractivity contribution >= 4 is 11.9 Å². The summed E-state index contributed by atoms with van der Waals surface area (Å²) in [5.74, 6) is 0. The number of nitrogens with zero attached hydrogens (tertiary/aromatic N) is 1. The molecule has 1 aromatic carbocycles. The quantitative estimate of drug-likeness (QED) is 0.698. The summed E-state index contributed by atoms with van der Waals surface area (Å²) in [7, 11) is 0. The molecule has 1 fully saturated rings. The lowest BCUT2D eigenvalue weighted by Gasteiger charge is -2.26. The van der Waals surface area contributed by atoms with E-state index in [2.05, 4.69) is 41.6 Å². The first-order valence-corrected chi connectivity index (χ1v) is 7.17. The molecule has 1 aliphatic rings. The highest BCUT2D eigenvalue weighted by Crippen LogP contribution is 2.32. The SMILES string of the molecule is CCCN(Sc1ccccc1)C1CCCC1. The molecule has 16 heavy (non-hydrogen) atoms. The molecule has 1 aliphatic carbocycles. The smallest absolute Gasteiger partial charge is 0.0230 e. The van der Waals surface area contributed by atoms with E-state index in [-0.39, 0.29) is 0 Å². The van der Waals surface area contributed by atoms with Crippen LogP contribution >= 0.6 is 11.9 Å². The van der Waals surface area contributed by atoms with Crippen LogP contribution in [-0.2, 0) is 0 Å². The van der Waals surface area contributed by atoms with Gasteiger partial charge in [-0.3, -0.25) is 0 Å². The van der Waals surface area contributed by atoms with Gasteiger partial charge in [0.15, 0.2) is 0 Å². The third-order valence-corrected chi connectivity index (χ3v) is 4.34. The summed E-state index contributed by atoms with van der Waals surface area (Å²) >= 11 is 1.94. The molecule has 2 heteroatoms. The van der Waals surface area contributed by atoms with E-state index < -0.39 is 0 Å². The van der Waals surface area contributed by atoms with Gasteiger partial charge < -0.3 is 0 Å². The Morgan fingerprint density at radius 1 is 1.19 bits per heavy atom. The van der Waals surface area contributed by atoms with Gasteiger partial charge in [0.2, 0.25) is 0 Å². The fraction of sp³-hybridized carbons (Fsp3) is 0.571. The molecule has 1 nitrogen and oxygen atoms in total. The molecular formula is C14H21NS. The van der Waals surface area contributed by atoms with E-state index in [0.29, 0.717) is 0 Å². The average Bonchev–Trinajstić information content (AvgIpc) is 2.83. The molecule has 0 saturated heterocycles. The molecule has 0 unspecified atom stereocenters. The number of hydrogen-bond donors (Lipinski definition) is 0. The van der Waals surface area contributed by atoms with E-state index in [0.717, 1.165) is 6.04 Å². The Balaban J connectivity index is 1.96. The molecule has 0 atom stereocenters. The van der Waals surface area contributed by atoms with Crippen LogP contribution in [0, 0.1) is 0 Å². The van der Waals surface area contributed by atoms with Crippen LogP contribution in [0.5, 0.6) is 0 Å². The van der Waals surface area contributed by atoms with Crippen molar-refractivity contribution in [2.45, 2.75) is 50.0 Å². The molecule has 0 bridgehead atoms. The fourth-order valence-corrected chi connectivity index (χ4v) is 3.52. The lowest BCUT2D eigenvalue weighted by atomic mass is 10.2. The van der Waals surface area contributed by atoms with E-state index in [9.17, 15) is 0 Å². The summed E-state index contributed by atoms with van der Waals surface area (Å²) in [5.41, 5.74) is 0. The predicted octanol–water partition coefficient (Wildman–Crippen LogP) is 4.35. The van der Waals surface area contributed by atoms with Gasteiger partial charge in [-0.15, -0.1) is 0 Å². The maximum atomic E-state index is 2.60. The molecule has 1 aromatic rings. The number of rotatable bonds is 5. The van der Waals surface area contributed by atoms with Gasteiger partial charge in [0, 0.05) is 17.5 Å². The van der Waals surface area contributed by atoms with Crippen molar-refractivity contribution in [2.24, 2.45) is 0 Å². The van der Waals surface area contributed by atoms with Gasteiger partial charge in [-0.1, -0.05) is 38.0 Å². The minimum absolute atomic E-state index is 0.810. The van der Waals surface area contributed by atoms with Crippen molar-refractivity contribution < 1.29 is 0 Å². The zero-order valence-corrected chi connectivity index (χ0v) is 10.9. The van der Waals surface area contributed by atoms with E-state index in [1.165, 1.54) is 43.5 Å². The van der Waals surface area contributed by atoms with Gasteiger partial charge in [0.25, 0.3) is 0 Å². The van der Waals surface area contributed by atoms with Gasteiger partial charge in [0.05, 0.1) is 0 Å². The Morgan fingerprint density at radius 3 is 2.50 bits per heavy atom. The number of hydrogen-bond acceptors (Lipinski definition) is 2. The average molecular weight is 235 g/mol. The van der Waals surface area contributed by atoms with Crippen LogP contribution < -0.4 is 0 Å². The van der Waals surface area contributed by atoms with Crippen LogP contribution in [0.1, 0.15) is 39.0 Å². The third kappa shape index (κ3) is 3.26. The summed E-state index contributed by atoms with van der Waals surface area (Å²) in [4.78, 5) is 1.38. The van der Waals surface area contributed by atoms with E-state index >= 15 is 0 Å². The summed E-state index contributed by atoms with van der Waals surface area (Å²) in [6, 6.07) is 11.6. The maximum absolute atomic E-state index is 2.60. The molecule has 0 aromatic heterocycles. The van der Waals surface area contributed by atoms with Gasteiger partial charge in [-0.25, -0.2) is 4.31 Å². The molecule has 88 valence electrons. The maximum Gasteiger partial charge on any atom is 0.0230 e. The lowest BCUT2D eigenvalue weighted by Crippen LogP contribution is -2.27. The van der Waals surface area contributed by atoms with Crippen molar-refractivity contribution in [1.29, 1.82) is 0 Å². The minimum atomic E-state index is 0.810. The fourth-order valence-electron chi connectivity index (χ4n) is 2.33. The van der Waals surface area contributed by atoms with E-state index in [1.807, 2.05) is 11.9 Å². The highest BCUT2D eigenvalue weighted by Gasteiger charge is 2.22. The first kappa shape index (κ1) is 12.0. The number of benzene rings is 1. The van der Waals surface area contributed by atoms with Gasteiger partial charge in [-0.05, 0) is 43.3 Å². The Kier molecular flexibility index (Phi) is 4.73. The van der Waals surface area contributed by atoms with Crippen molar-refractivity contribution in [1.82, 2.24) is 4.31 Å². The van der Waals surface area contributed by atoms with Crippen LogP contribution in [0.25, 0.3) is 0 Å². The minimum Gasteiger partial charge on any atom is -0.243 e. The summed E-state index contributed by atoms with van der Waals surface area (Å²) in [5, 5.41) is 0. The summed E-state index contributed by atoms with van der Waals surface area (Å²) in [6.45, 7) is 3.48. The van der Waals surface area contributed by atoms with Crippen LogP contribution in [0.3, 0.4) is 0 Å². The Hall–Kier alpha value is -0.470. The van der Waals surface area contributed by atoms with Crippen LogP contribution in [0.2, 0.25) is 0 Å². The second kappa shape index (κ2) is 6.31. The first-order valence-electron chi connectivity index (χ1n) is 6.40. The topological polar surface area (TPSA) is 3.24 Å². The predicted molar refractivity (Wildman–Crippen MR) is 71.6 cm³/mol. The highest BCUT2D eigenvalue weighted by atomic mass is 32.2. The van der Waals surface area contributed by atoms with Crippen molar-refractivity contribution in [3.8, 4) is 0 Å². The van der Waals surface area contributed by atoms with Crippen molar-refractivity contribution in [2.75, 3.05) is 6.54 Å². The van der Waals surface area contributed by atoms with E-state index in [4.69, 9.17) is 0 Å². The largest absolute Gasteiger partial charge is 0.243 e. The molecule has 2 rings (SSSR count). The Morgan fingerprint density at radius 2 is 1.88 bits per heavy atom. The van der Waals surface area contributed by atoms with Gasteiger partial charge in [-0.2, -0.15) is 0 Å². The van der Waals surface area contributed by atoms with Gasteiger partial charge >= 0.3 is 0 Å². The Bertz CT molecular complexity index is 293.